The molecule has 1 aliphatic carbocycles. The highest BCUT2D eigenvalue weighted by atomic mass is 19.4. The molecule has 2 bridgehead atoms. The van der Waals surface area contributed by atoms with E-state index in [2.05, 4.69) is 13.0 Å². The van der Waals surface area contributed by atoms with Crippen LogP contribution in [0.5, 0.6) is 0 Å². The summed E-state index contributed by atoms with van der Waals surface area (Å²) in [7, 11) is 0. The van der Waals surface area contributed by atoms with Crippen LogP contribution in [0.4, 0.5) is 13.2 Å². The summed E-state index contributed by atoms with van der Waals surface area (Å²) in [6.07, 6.45) is -3.77. The molecule has 1 aromatic rings. The largest absolute Gasteiger partial charge is 0.471 e. The van der Waals surface area contributed by atoms with Crippen LogP contribution in [0.2, 0.25) is 0 Å². The maximum atomic E-state index is 12.9. The van der Waals surface area contributed by atoms with Crippen LogP contribution in [0.25, 0.3) is 0 Å². The van der Waals surface area contributed by atoms with Crippen molar-refractivity contribution in [2.24, 2.45) is 5.41 Å². The highest BCUT2D eigenvalue weighted by Gasteiger charge is 2.59. The van der Waals surface area contributed by atoms with Crippen LogP contribution in [-0.2, 0) is 16.6 Å². The molecular formula is C17H20F3NO. The SMILES string of the molecule is CC1(C)[C@H]2Cc3ccccc3[C@]1(C)CCN2C(=O)C(F)(F)F. The Kier molecular flexibility index (Phi) is 3.14. The lowest BCUT2D eigenvalue weighted by atomic mass is 9.51. The van der Waals surface area contributed by atoms with Gasteiger partial charge in [-0.25, -0.2) is 0 Å². The Labute approximate surface area is 128 Å². The molecule has 1 aliphatic heterocycles. The minimum absolute atomic E-state index is 0.164. The fourth-order valence-electron chi connectivity index (χ4n) is 4.28. The molecule has 0 spiro atoms. The van der Waals surface area contributed by atoms with Gasteiger partial charge in [-0.05, 0) is 29.4 Å². The van der Waals surface area contributed by atoms with Crippen molar-refractivity contribution in [2.75, 3.05) is 6.54 Å². The van der Waals surface area contributed by atoms with Crippen molar-refractivity contribution >= 4 is 5.91 Å². The van der Waals surface area contributed by atoms with E-state index in [4.69, 9.17) is 0 Å². The molecule has 120 valence electrons. The number of likely N-dealkylation sites (tertiary alicyclic amines) is 1. The molecule has 2 aliphatic rings. The van der Waals surface area contributed by atoms with Crippen LogP contribution in [0.15, 0.2) is 24.3 Å². The minimum Gasteiger partial charge on any atom is -0.331 e. The summed E-state index contributed by atoms with van der Waals surface area (Å²) in [6, 6.07) is 7.52. The average molecular weight is 311 g/mol. The number of carbonyl (C=O) groups excluding carboxylic acids is 1. The Bertz CT molecular complexity index is 623. The lowest BCUT2D eigenvalue weighted by molar-refractivity contribution is -0.195. The van der Waals surface area contributed by atoms with E-state index in [-0.39, 0.29) is 12.0 Å². The number of carbonyl (C=O) groups is 1. The van der Waals surface area contributed by atoms with Gasteiger partial charge in [-0.2, -0.15) is 13.2 Å². The van der Waals surface area contributed by atoms with Gasteiger partial charge in [0.15, 0.2) is 0 Å². The van der Waals surface area contributed by atoms with Gasteiger partial charge in [0.05, 0.1) is 0 Å². The molecule has 5 heteroatoms. The summed E-state index contributed by atoms with van der Waals surface area (Å²) in [5, 5.41) is 0. The van der Waals surface area contributed by atoms with Gasteiger partial charge >= 0.3 is 12.1 Å². The Morgan fingerprint density at radius 2 is 1.86 bits per heavy atom. The smallest absolute Gasteiger partial charge is 0.331 e. The van der Waals surface area contributed by atoms with Gasteiger partial charge in [-0.15, -0.1) is 0 Å². The van der Waals surface area contributed by atoms with Crippen molar-refractivity contribution < 1.29 is 18.0 Å². The second-order valence-corrected chi connectivity index (χ2v) is 7.18. The quantitative estimate of drug-likeness (QED) is 0.715. The molecule has 1 heterocycles. The molecule has 1 saturated heterocycles. The van der Waals surface area contributed by atoms with Gasteiger partial charge in [-0.3, -0.25) is 4.79 Å². The molecule has 0 N–H and O–H groups in total. The second kappa shape index (κ2) is 4.49. The third-order valence-electron chi connectivity index (χ3n) is 6.01. The van der Waals surface area contributed by atoms with Gasteiger partial charge < -0.3 is 4.90 Å². The van der Waals surface area contributed by atoms with Crippen molar-refractivity contribution in [3.63, 3.8) is 0 Å². The van der Waals surface area contributed by atoms with E-state index in [9.17, 15) is 18.0 Å². The molecule has 2 atom stereocenters. The first-order chi connectivity index (χ1) is 10.1. The molecule has 1 aromatic carbocycles. The third kappa shape index (κ3) is 1.90. The van der Waals surface area contributed by atoms with Gasteiger partial charge in [0.25, 0.3) is 0 Å². The zero-order chi connectivity index (χ0) is 16.3. The Morgan fingerprint density at radius 1 is 1.23 bits per heavy atom. The van der Waals surface area contributed by atoms with Crippen molar-refractivity contribution in [2.45, 2.75) is 51.2 Å². The van der Waals surface area contributed by atoms with Crippen molar-refractivity contribution in [1.29, 1.82) is 0 Å². The molecular weight excluding hydrogens is 291 g/mol. The number of halogens is 3. The molecule has 1 fully saturated rings. The Morgan fingerprint density at radius 3 is 2.50 bits per heavy atom. The van der Waals surface area contributed by atoms with Gasteiger partial charge in [0.2, 0.25) is 0 Å². The van der Waals surface area contributed by atoms with E-state index in [0.717, 1.165) is 10.5 Å². The topological polar surface area (TPSA) is 20.3 Å². The summed E-state index contributed by atoms with van der Waals surface area (Å²) < 4.78 is 38.7. The summed E-state index contributed by atoms with van der Waals surface area (Å²) in [6.45, 7) is 6.26. The van der Waals surface area contributed by atoms with E-state index in [1.165, 1.54) is 5.56 Å². The summed E-state index contributed by atoms with van der Waals surface area (Å²) >= 11 is 0. The normalized spacial score (nSPS) is 29.9. The Balaban J connectivity index is 2.09. The van der Waals surface area contributed by atoms with Crippen molar-refractivity contribution in [3.8, 4) is 0 Å². The van der Waals surface area contributed by atoms with Crippen LogP contribution >= 0.6 is 0 Å². The lowest BCUT2D eigenvalue weighted by Crippen LogP contribution is -2.66. The number of fused-ring (bicyclic) bond motifs is 4. The Hall–Kier alpha value is -1.52. The van der Waals surface area contributed by atoms with Gasteiger partial charge in [0, 0.05) is 18.0 Å². The molecule has 0 radical (unpaired) electrons. The van der Waals surface area contributed by atoms with Crippen LogP contribution < -0.4 is 0 Å². The average Bonchev–Trinajstić information content (AvgIpc) is 2.41. The summed E-state index contributed by atoms with van der Waals surface area (Å²) in [5.41, 5.74) is 1.67. The molecule has 0 unspecified atom stereocenters. The molecule has 0 saturated carbocycles. The predicted molar refractivity (Wildman–Crippen MR) is 77.5 cm³/mol. The zero-order valence-corrected chi connectivity index (χ0v) is 13.0. The number of rotatable bonds is 0. The number of hydrogen-bond donors (Lipinski definition) is 0. The number of amides is 1. The number of alkyl halides is 3. The van der Waals surface area contributed by atoms with Crippen LogP contribution in [0, 0.1) is 5.41 Å². The number of benzene rings is 1. The minimum atomic E-state index is -4.80. The highest BCUT2D eigenvalue weighted by molar-refractivity contribution is 5.82. The first-order valence-corrected chi connectivity index (χ1v) is 7.55. The number of nitrogens with zero attached hydrogens (tertiary/aromatic N) is 1. The van der Waals surface area contributed by atoms with E-state index in [1.807, 2.05) is 32.0 Å². The van der Waals surface area contributed by atoms with Crippen LogP contribution in [0.1, 0.15) is 38.3 Å². The maximum Gasteiger partial charge on any atom is 0.471 e. The molecule has 3 rings (SSSR count). The predicted octanol–water partition coefficient (Wildman–Crippen LogP) is 3.69. The van der Waals surface area contributed by atoms with Crippen molar-refractivity contribution in [3.05, 3.63) is 35.4 Å². The standard InChI is InChI=1S/C17H20F3NO/c1-15(2)13-10-11-6-4-5-7-12(11)16(15,3)8-9-21(13)14(22)17(18,19)20/h4-7,13H,8-10H2,1-3H3/t13-,16+/m1/s1. The summed E-state index contributed by atoms with van der Waals surface area (Å²) in [5.74, 6) is -1.70. The number of piperidine rings is 1. The molecule has 22 heavy (non-hydrogen) atoms. The zero-order valence-electron chi connectivity index (χ0n) is 13.0. The third-order valence-corrected chi connectivity index (χ3v) is 6.01. The fraction of sp³-hybridized carbons (Fsp3) is 0.588. The van der Waals surface area contributed by atoms with E-state index >= 15 is 0 Å². The van der Waals surface area contributed by atoms with E-state index < -0.39 is 23.5 Å². The van der Waals surface area contributed by atoms with Crippen LogP contribution in [-0.4, -0.2) is 29.6 Å². The van der Waals surface area contributed by atoms with E-state index in [1.54, 1.807) is 0 Å². The summed E-state index contributed by atoms with van der Waals surface area (Å²) in [4.78, 5) is 12.9. The van der Waals surface area contributed by atoms with E-state index in [0.29, 0.717) is 12.8 Å². The van der Waals surface area contributed by atoms with Gasteiger partial charge in [-0.1, -0.05) is 45.0 Å². The first-order valence-electron chi connectivity index (χ1n) is 7.55. The lowest BCUT2D eigenvalue weighted by Gasteiger charge is -2.60. The first kappa shape index (κ1) is 15.4. The highest BCUT2D eigenvalue weighted by Crippen LogP contribution is 2.56. The van der Waals surface area contributed by atoms with Crippen LogP contribution in [0.3, 0.4) is 0 Å². The fourth-order valence-corrected chi connectivity index (χ4v) is 4.28. The number of hydrogen-bond acceptors (Lipinski definition) is 1. The second-order valence-electron chi connectivity index (χ2n) is 7.18. The van der Waals surface area contributed by atoms with Gasteiger partial charge in [0.1, 0.15) is 0 Å². The molecule has 1 amide bonds. The molecule has 0 aromatic heterocycles. The maximum absolute atomic E-state index is 12.9. The molecule has 2 nitrogen and oxygen atoms in total. The monoisotopic (exact) mass is 311 g/mol. The van der Waals surface area contributed by atoms with Crippen molar-refractivity contribution in [1.82, 2.24) is 4.90 Å².